The average molecular weight is 468 g/mol. The van der Waals surface area contributed by atoms with Crippen LogP contribution in [0, 0.1) is 0 Å². The first-order valence-electron chi connectivity index (χ1n) is 9.53. The van der Waals surface area contributed by atoms with Gasteiger partial charge in [-0.2, -0.15) is 0 Å². The van der Waals surface area contributed by atoms with Crippen LogP contribution in [0.25, 0.3) is 0 Å². The monoisotopic (exact) mass is 467 g/mol. The molecule has 0 fully saturated rings. The molecule has 0 saturated carbocycles. The molecule has 0 atom stereocenters. The van der Waals surface area contributed by atoms with Crippen LogP contribution in [-0.2, 0) is 14.5 Å². The second-order valence-electron chi connectivity index (χ2n) is 7.03. The van der Waals surface area contributed by atoms with Crippen LogP contribution in [0.2, 0.25) is 0 Å². The van der Waals surface area contributed by atoms with Crippen LogP contribution >= 0.6 is 12.1 Å². The molecule has 0 aliphatic heterocycles. The minimum absolute atomic E-state index is 0.124. The number of rotatable bonds is 8. The van der Waals surface area contributed by atoms with Crippen molar-refractivity contribution in [3.05, 3.63) is 29.8 Å². The Morgan fingerprint density at radius 1 is 1.00 bits per heavy atom. The lowest BCUT2D eigenvalue weighted by Gasteiger charge is -2.20. The fourth-order valence-electron chi connectivity index (χ4n) is 2.15. The zero-order valence-electron chi connectivity index (χ0n) is 19.5. The van der Waals surface area contributed by atoms with E-state index in [1.807, 2.05) is 19.9 Å². The summed E-state index contributed by atoms with van der Waals surface area (Å²) < 4.78 is 7.46. The summed E-state index contributed by atoms with van der Waals surface area (Å²) in [6.07, 6.45) is -1.61. The molecule has 0 bridgehead atoms. The lowest BCUT2D eigenvalue weighted by atomic mass is 10.0. The van der Waals surface area contributed by atoms with Crippen molar-refractivity contribution < 1.29 is 28.8 Å². The molecule has 32 heavy (non-hydrogen) atoms. The van der Waals surface area contributed by atoms with Crippen molar-refractivity contribution in [2.45, 2.75) is 26.7 Å². The molecule has 0 aliphatic rings. The molecule has 1 rings (SSSR count). The Hall–Kier alpha value is -3.28. The van der Waals surface area contributed by atoms with E-state index in [-0.39, 0.29) is 17.3 Å². The quantitative estimate of drug-likeness (QED) is 0.249. The van der Waals surface area contributed by atoms with Gasteiger partial charge in [-0.1, -0.05) is 36.3 Å². The van der Waals surface area contributed by atoms with Gasteiger partial charge in [0.2, 0.25) is 0 Å². The Morgan fingerprint density at radius 2 is 1.62 bits per heavy atom. The first kappa shape index (κ1) is 26.8. The molecule has 176 valence electrons. The number of carbonyl (C=O) groups excluding carboxylic acids is 3. The summed E-state index contributed by atoms with van der Waals surface area (Å²) in [4.78, 5) is 47.6. The van der Waals surface area contributed by atoms with Crippen molar-refractivity contribution in [3.8, 4) is 5.75 Å². The number of nitrogens with zero attached hydrogens (tertiary/aromatic N) is 5. The minimum atomic E-state index is -0.925. The van der Waals surface area contributed by atoms with Crippen LogP contribution in [-0.4, -0.2) is 78.3 Å². The molecule has 0 spiro atoms. The van der Waals surface area contributed by atoms with Gasteiger partial charge in [-0.3, -0.25) is 9.63 Å². The summed E-state index contributed by atoms with van der Waals surface area (Å²) in [6.45, 7) is 5.55. The lowest BCUT2D eigenvalue weighted by molar-refractivity contribution is -0.121. The molecule has 0 aliphatic carbocycles. The van der Waals surface area contributed by atoms with Crippen LogP contribution in [0.3, 0.4) is 0 Å². The Kier molecular flexibility index (Phi) is 10.5. The van der Waals surface area contributed by atoms with Crippen molar-refractivity contribution in [2.24, 2.45) is 10.3 Å². The van der Waals surface area contributed by atoms with Gasteiger partial charge < -0.3 is 14.5 Å². The second kappa shape index (κ2) is 12.5. The van der Waals surface area contributed by atoms with Gasteiger partial charge in [0.15, 0.2) is 5.71 Å². The van der Waals surface area contributed by atoms with E-state index in [0.717, 1.165) is 26.3 Å². The Bertz CT molecular complexity index is 887. The van der Waals surface area contributed by atoms with Gasteiger partial charge in [0.1, 0.15) is 18.6 Å². The summed E-state index contributed by atoms with van der Waals surface area (Å²) in [6, 6.07) is 7.19. The van der Waals surface area contributed by atoms with E-state index in [1.165, 1.54) is 47.1 Å². The van der Waals surface area contributed by atoms with E-state index in [9.17, 15) is 14.4 Å². The summed E-state index contributed by atoms with van der Waals surface area (Å²) in [5.41, 5.74) is 0.944. The van der Waals surface area contributed by atoms with Crippen molar-refractivity contribution in [3.63, 3.8) is 0 Å². The number of hydrogen-bond donors (Lipinski definition) is 0. The fourth-order valence-corrected chi connectivity index (χ4v) is 2.72. The number of hydrogen-bond acceptors (Lipinski definition) is 9. The summed E-state index contributed by atoms with van der Waals surface area (Å²) >= 11 is 0.729. The average Bonchev–Trinajstić information content (AvgIpc) is 2.73. The summed E-state index contributed by atoms with van der Waals surface area (Å²) in [5.74, 6) is 0.142. The van der Waals surface area contributed by atoms with Gasteiger partial charge in [0.05, 0.1) is 12.1 Å². The predicted molar refractivity (Wildman–Crippen MR) is 122 cm³/mol. The van der Waals surface area contributed by atoms with Gasteiger partial charge >= 0.3 is 12.2 Å². The number of ether oxygens (including phenoxy) is 1. The first-order chi connectivity index (χ1) is 15.0. The number of benzene rings is 1. The number of carbonyl (C=O) groups is 3. The molecular weight excluding hydrogens is 438 g/mol. The molecule has 11 nitrogen and oxygen atoms in total. The van der Waals surface area contributed by atoms with Crippen LogP contribution in [0.15, 0.2) is 34.6 Å². The standard InChI is InChI=1S/C20H29N5O6S/c1-13(2)15-10-9-11-16(12-15)30-19(27)24(6)32-25(7)20(28)31-22-17(14(3)21-29-8)18(26)23(4)5/h9-13H,1-8H3. The van der Waals surface area contributed by atoms with Crippen LogP contribution in [0.5, 0.6) is 5.75 Å². The Morgan fingerprint density at radius 3 is 2.19 bits per heavy atom. The highest BCUT2D eigenvalue weighted by atomic mass is 32.2. The van der Waals surface area contributed by atoms with E-state index < -0.39 is 18.1 Å². The van der Waals surface area contributed by atoms with Gasteiger partial charge in [-0.15, -0.1) is 0 Å². The van der Waals surface area contributed by atoms with E-state index in [0.29, 0.717) is 5.75 Å². The van der Waals surface area contributed by atoms with Crippen molar-refractivity contribution in [1.29, 1.82) is 0 Å². The Balaban J connectivity index is 2.78. The third-order valence-corrected chi connectivity index (χ3v) is 4.67. The van der Waals surface area contributed by atoms with E-state index in [2.05, 4.69) is 15.1 Å². The molecule has 0 N–H and O–H groups in total. The minimum Gasteiger partial charge on any atom is -0.410 e. The third kappa shape index (κ3) is 8.10. The van der Waals surface area contributed by atoms with Gasteiger partial charge in [0, 0.05) is 28.2 Å². The fraction of sp³-hybridized carbons (Fsp3) is 0.450. The maximum Gasteiger partial charge on any atom is 0.447 e. The molecule has 1 aromatic rings. The largest absolute Gasteiger partial charge is 0.447 e. The zero-order chi connectivity index (χ0) is 24.4. The lowest BCUT2D eigenvalue weighted by Crippen LogP contribution is -2.35. The predicted octanol–water partition coefficient (Wildman–Crippen LogP) is 3.34. The van der Waals surface area contributed by atoms with Gasteiger partial charge in [-0.25, -0.2) is 18.2 Å². The maximum absolute atomic E-state index is 12.3. The maximum atomic E-state index is 12.3. The van der Waals surface area contributed by atoms with Crippen molar-refractivity contribution >= 4 is 41.7 Å². The van der Waals surface area contributed by atoms with E-state index in [1.54, 1.807) is 18.2 Å². The number of amides is 3. The third-order valence-electron chi connectivity index (χ3n) is 3.88. The topological polar surface area (TPSA) is 113 Å². The van der Waals surface area contributed by atoms with Gasteiger partial charge in [-0.05, 0) is 30.5 Å². The van der Waals surface area contributed by atoms with Crippen molar-refractivity contribution in [1.82, 2.24) is 13.5 Å². The second-order valence-corrected chi connectivity index (χ2v) is 8.29. The molecule has 0 saturated heterocycles. The molecule has 1 aromatic carbocycles. The Labute approximate surface area is 192 Å². The van der Waals surface area contributed by atoms with Gasteiger partial charge in [0.25, 0.3) is 5.91 Å². The highest BCUT2D eigenvalue weighted by Gasteiger charge is 2.23. The van der Waals surface area contributed by atoms with Crippen LogP contribution in [0.4, 0.5) is 9.59 Å². The highest BCUT2D eigenvalue weighted by molar-refractivity contribution is 7.95. The summed E-state index contributed by atoms with van der Waals surface area (Å²) in [7, 11) is 7.14. The molecule has 0 aromatic heterocycles. The SMILES string of the molecule is CON=C(C)C(=NOC(=O)N(C)SN(C)C(=O)Oc1cccc(C(C)C)c1)C(=O)N(C)C. The van der Waals surface area contributed by atoms with Crippen molar-refractivity contribution in [2.75, 3.05) is 35.3 Å². The van der Waals surface area contributed by atoms with Crippen LogP contribution < -0.4 is 4.74 Å². The molecular formula is C20H29N5O6S. The number of oxime groups is 2. The first-order valence-corrected chi connectivity index (χ1v) is 10.3. The molecule has 0 heterocycles. The molecule has 3 amide bonds. The molecule has 12 heteroatoms. The van der Waals surface area contributed by atoms with E-state index in [4.69, 9.17) is 9.57 Å². The van der Waals surface area contributed by atoms with Crippen LogP contribution in [0.1, 0.15) is 32.3 Å². The molecule has 0 unspecified atom stereocenters. The zero-order valence-corrected chi connectivity index (χ0v) is 20.3. The highest BCUT2D eigenvalue weighted by Crippen LogP contribution is 2.22. The molecule has 0 radical (unpaired) electrons. The van der Waals surface area contributed by atoms with E-state index >= 15 is 0 Å². The normalized spacial score (nSPS) is 11.7. The smallest absolute Gasteiger partial charge is 0.410 e. The summed E-state index contributed by atoms with van der Waals surface area (Å²) in [5, 5.41) is 7.24.